The van der Waals surface area contributed by atoms with Gasteiger partial charge in [-0.05, 0) is 30.0 Å². The van der Waals surface area contributed by atoms with Crippen molar-refractivity contribution in [1.82, 2.24) is 20.2 Å². The zero-order valence-corrected chi connectivity index (χ0v) is 13.0. The van der Waals surface area contributed by atoms with Gasteiger partial charge in [-0.25, -0.2) is 14.2 Å². The van der Waals surface area contributed by atoms with Crippen LogP contribution >= 0.6 is 0 Å². The molecule has 3 N–H and O–H groups in total. The third-order valence-corrected chi connectivity index (χ3v) is 3.48. The fourth-order valence-electron chi connectivity index (χ4n) is 2.11. The summed E-state index contributed by atoms with van der Waals surface area (Å²) in [5, 5.41) is 14.2. The Morgan fingerprint density at radius 3 is 2.91 bits per heavy atom. The number of aromatic nitrogens is 2. The number of aliphatic hydroxyl groups excluding tert-OH is 1. The van der Waals surface area contributed by atoms with Crippen LogP contribution in [0.15, 0.2) is 36.9 Å². The van der Waals surface area contributed by atoms with Gasteiger partial charge in [0, 0.05) is 32.1 Å². The van der Waals surface area contributed by atoms with Crippen LogP contribution in [-0.2, 0) is 6.54 Å². The normalized spacial score (nSPS) is 12.0. The molecule has 124 valence electrons. The Morgan fingerprint density at radius 1 is 1.43 bits per heavy atom. The molecule has 1 aromatic heterocycles. The number of halogens is 1. The number of nitrogens with zero attached hydrogens (tertiary/aromatic N) is 2. The van der Waals surface area contributed by atoms with Crippen LogP contribution < -0.4 is 10.6 Å². The van der Waals surface area contributed by atoms with Crippen LogP contribution in [0.3, 0.4) is 0 Å². The van der Waals surface area contributed by atoms with Crippen molar-refractivity contribution in [1.29, 1.82) is 0 Å². The first-order chi connectivity index (χ1) is 11.1. The lowest BCUT2D eigenvalue weighted by atomic mass is 10.1. The van der Waals surface area contributed by atoms with E-state index in [0.717, 1.165) is 0 Å². The molecule has 2 aromatic rings. The average molecular weight is 320 g/mol. The molecule has 0 bridgehead atoms. The van der Waals surface area contributed by atoms with Crippen molar-refractivity contribution in [3.63, 3.8) is 0 Å². The molecule has 0 fully saturated rings. The van der Waals surface area contributed by atoms with Gasteiger partial charge >= 0.3 is 6.03 Å². The third-order valence-electron chi connectivity index (χ3n) is 3.48. The first kappa shape index (κ1) is 17.0. The highest BCUT2D eigenvalue weighted by molar-refractivity contribution is 5.73. The Bertz CT molecular complexity index is 631. The van der Waals surface area contributed by atoms with Crippen LogP contribution in [0.4, 0.5) is 9.18 Å². The standard InChI is InChI=1S/C16H21FN4O2/c1-12(4-7-22)9-19-16(23)20-10-13-2-3-15(14(17)8-13)21-6-5-18-11-21/h2-3,5-6,8,11-12,22H,4,7,9-10H2,1H3,(H2,19,20,23). The van der Waals surface area contributed by atoms with Crippen LogP contribution in [0.2, 0.25) is 0 Å². The highest BCUT2D eigenvalue weighted by Gasteiger charge is 2.07. The van der Waals surface area contributed by atoms with Crippen molar-refractivity contribution in [2.45, 2.75) is 19.9 Å². The number of carbonyl (C=O) groups is 1. The van der Waals surface area contributed by atoms with Crippen molar-refractivity contribution >= 4 is 6.03 Å². The molecule has 6 nitrogen and oxygen atoms in total. The van der Waals surface area contributed by atoms with E-state index >= 15 is 0 Å². The Balaban J connectivity index is 1.84. The summed E-state index contributed by atoms with van der Waals surface area (Å²) in [6.07, 6.45) is 5.41. The summed E-state index contributed by atoms with van der Waals surface area (Å²) < 4.78 is 15.7. The van der Waals surface area contributed by atoms with E-state index in [0.29, 0.717) is 24.2 Å². The number of carbonyl (C=O) groups excluding carboxylic acids is 1. The number of rotatable bonds is 7. The minimum atomic E-state index is -0.376. The summed E-state index contributed by atoms with van der Waals surface area (Å²) in [4.78, 5) is 15.6. The fraction of sp³-hybridized carbons (Fsp3) is 0.375. The van der Waals surface area contributed by atoms with Gasteiger partial charge in [0.2, 0.25) is 0 Å². The van der Waals surface area contributed by atoms with Crippen LogP contribution in [0.5, 0.6) is 0 Å². The second-order valence-electron chi connectivity index (χ2n) is 5.44. The van der Waals surface area contributed by atoms with Crippen molar-refractivity contribution < 1.29 is 14.3 Å². The second kappa shape index (κ2) is 8.28. The van der Waals surface area contributed by atoms with E-state index in [1.807, 2.05) is 6.92 Å². The third kappa shape index (κ3) is 5.07. The average Bonchev–Trinajstić information content (AvgIpc) is 3.05. The number of hydrogen-bond acceptors (Lipinski definition) is 3. The minimum absolute atomic E-state index is 0.104. The van der Waals surface area contributed by atoms with Gasteiger partial charge < -0.3 is 20.3 Å². The summed E-state index contributed by atoms with van der Waals surface area (Å²) in [5.74, 6) is -0.170. The van der Waals surface area contributed by atoms with Gasteiger partial charge in [0.1, 0.15) is 5.82 Å². The number of benzene rings is 1. The number of imidazole rings is 1. The van der Waals surface area contributed by atoms with Gasteiger partial charge in [-0.1, -0.05) is 13.0 Å². The molecule has 2 amide bonds. The maximum Gasteiger partial charge on any atom is 0.315 e. The molecule has 1 aromatic carbocycles. The first-order valence-electron chi connectivity index (χ1n) is 7.49. The van der Waals surface area contributed by atoms with E-state index in [1.54, 1.807) is 29.1 Å². The van der Waals surface area contributed by atoms with Gasteiger partial charge in [0.25, 0.3) is 0 Å². The molecule has 0 saturated carbocycles. The van der Waals surface area contributed by atoms with E-state index in [-0.39, 0.29) is 30.9 Å². The second-order valence-corrected chi connectivity index (χ2v) is 5.44. The molecular formula is C16H21FN4O2. The topological polar surface area (TPSA) is 79.2 Å². The quantitative estimate of drug-likeness (QED) is 0.728. The summed E-state index contributed by atoms with van der Waals surface area (Å²) >= 11 is 0. The lowest BCUT2D eigenvalue weighted by Crippen LogP contribution is -2.37. The molecule has 0 aliphatic rings. The zero-order chi connectivity index (χ0) is 16.7. The van der Waals surface area contributed by atoms with E-state index < -0.39 is 0 Å². The lowest BCUT2D eigenvalue weighted by molar-refractivity contribution is 0.233. The number of amides is 2. The molecule has 7 heteroatoms. The lowest BCUT2D eigenvalue weighted by Gasteiger charge is -2.12. The molecule has 0 spiro atoms. The monoisotopic (exact) mass is 320 g/mol. The molecule has 1 unspecified atom stereocenters. The van der Waals surface area contributed by atoms with Crippen LogP contribution in [0, 0.1) is 11.7 Å². The van der Waals surface area contributed by atoms with E-state index in [1.165, 1.54) is 12.4 Å². The zero-order valence-electron chi connectivity index (χ0n) is 13.0. The van der Waals surface area contributed by atoms with Gasteiger partial charge in [-0.2, -0.15) is 0 Å². The minimum Gasteiger partial charge on any atom is -0.396 e. The van der Waals surface area contributed by atoms with Gasteiger partial charge in [0.05, 0.1) is 12.0 Å². The molecule has 1 atom stereocenters. The van der Waals surface area contributed by atoms with Crippen LogP contribution in [-0.4, -0.2) is 33.8 Å². The molecule has 0 aliphatic carbocycles. The summed E-state index contributed by atoms with van der Waals surface area (Å²) in [6.45, 7) is 2.77. The van der Waals surface area contributed by atoms with E-state index in [2.05, 4.69) is 15.6 Å². The molecule has 23 heavy (non-hydrogen) atoms. The Hall–Kier alpha value is -2.41. The van der Waals surface area contributed by atoms with Gasteiger partial charge in [-0.15, -0.1) is 0 Å². The fourth-order valence-corrected chi connectivity index (χ4v) is 2.11. The van der Waals surface area contributed by atoms with Gasteiger partial charge in [-0.3, -0.25) is 0 Å². The van der Waals surface area contributed by atoms with Crippen LogP contribution in [0.25, 0.3) is 5.69 Å². The van der Waals surface area contributed by atoms with Crippen LogP contribution in [0.1, 0.15) is 18.9 Å². The molecule has 2 rings (SSSR count). The molecule has 0 saturated heterocycles. The van der Waals surface area contributed by atoms with Gasteiger partial charge in [0.15, 0.2) is 0 Å². The van der Waals surface area contributed by atoms with Crippen molar-refractivity contribution in [3.05, 3.63) is 48.3 Å². The molecule has 0 aliphatic heterocycles. The highest BCUT2D eigenvalue weighted by atomic mass is 19.1. The smallest absolute Gasteiger partial charge is 0.315 e. The number of urea groups is 1. The predicted molar refractivity (Wildman–Crippen MR) is 84.6 cm³/mol. The predicted octanol–water partition coefficient (Wildman–Crippen LogP) is 1.83. The van der Waals surface area contributed by atoms with E-state index in [9.17, 15) is 9.18 Å². The van der Waals surface area contributed by atoms with Crippen molar-refractivity contribution in [2.75, 3.05) is 13.2 Å². The maximum absolute atomic E-state index is 14.1. The Kier molecular flexibility index (Phi) is 6.10. The first-order valence-corrected chi connectivity index (χ1v) is 7.49. The Morgan fingerprint density at radius 2 is 2.26 bits per heavy atom. The summed E-state index contributed by atoms with van der Waals surface area (Å²) in [7, 11) is 0. The van der Waals surface area contributed by atoms with Crippen molar-refractivity contribution in [2.24, 2.45) is 5.92 Å². The maximum atomic E-state index is 14.1. The summed E-state index contributed by atoms with van der Waals surface area (Å²) in [6, 6.07) is 4.49. The number of hydrogen-bond donors (Lipinski definition) is 3. The van der Waals surface area contributed by atoms with Crippen molar-refractivity contribution in [3.8, 4) is 5.69 Å². The molecule has 1 heterocycles. The number of aliphatic hydroxyl groups is 1. The Labute approximate surface area is 134 Å². The largest absolute Gasteiger partial charge is 0.396 e. The highest BCUT2D eigenvalue weighted by Crippen LogP contribution is 2.14. The SMILES string of the molecule is CC(CCO)CNC(=O)NCc1ccc(-n2ccnc2)c(F)c1. The number of nitrogens with one attached hydrogen (secondary N) is 2. The van der Waals surface area contributed by atoms with E-state index in [4.69, 9.17) is 5.11 Å². The molecule has 0 radical (unpaired) electrons. The summed E-state index contributed by atoms with van der Waals surface area (Å²) in [5.41, 5.74) is 1.08. The molecular weight excluding hydrogens is 299 g/mol.